The first-order valence-corrected chi connectivity index (χ1v) is 5.15. The van der Waals surface area contributed by atoms with E-state index in [0.717, 1.165) is 5.82 Å². The van der Waals surface area contributed by atoms with Gasteiger partial charge in [0.05, 0.1) is 0 Å². The van der Waals surface area contributed by atoms with Crippen molar-refractivity contribution < 1.29 is 4.79 Å². The lowest BCUT2D eigenvalue weighted by Crippen LogP contribution is -2.23. The first kappa shape index (κ1) is 11.3. The van der Waals surface area contributed by atoms with Gasteiger partial charge >= 0.3 is 0 Å². The molecule has 0 fully saturated rings. The Bertz CT molecular complexity index is 529. The molecule has 0 unspecified atom stereocenters. The largest absolute Gasteiger partial charge is 0.343 e. The predicted molar refractivity (Wildman–Crippen MR) is 61.9 cm³/mol. The van der Waals surface area contributed by atoms with Crippen LogP contribution in [0.1, 0.15) is 16.3 Å². The summed E-state index contributed by atoms with van der Waals surface area (Å²) in [5.41, 5.74) is 0.330. The summed E-state index contributed by atoms with van der Waals surface area (Å²) in [7, 11) is 3.36. The van der Waals surface area contributed by atoms with E-state index in [1.807, 2.05) is 6.92 Å². The van der Waals surface area contributed by atoms with Crippen LogP contribution in [0.15, 0.2) is 24.5 Å². The molecule has 0 N–H and O–H groups in total. The summed E-state index contributed by atoms with van der Waals surface area (Å²) in [6, 6.07) is 3.41. The van der Waals surface area contributed by atoms with Gasteiger partial charge in [-0.15, -0.1) is 10.2 Å². The molecule has 0 saturated carbocycles. The normalized spacial score (nSPS) is 10.3. The number of rotatable bonds is 2. The third-order valence-corrected chi connectivity index (χ3v) is 2.35. The van der Waals surface area contributed by atoms with Gasteiger partial charge in [0.2, 0.25) is 0 Å². The molecule has 6 heteroatoms. The minimum Gasteiger partial charge on any atom is -0.343 e. The van der Waals surface area contributed by atoms with Crippen LogP contribution in [0.4, 0.5) is 0 Å². The van der Waals surface area contributed by atoms with Gasteiger partial charge < -0.3 is 4.90 Å². The van der Waals surface area contributed by atoms with Crippen LogP contribution in [0.5, 0.6) is 0 Å². The van der Waals surface area contributed by atoms with Crippen LogP contribution in [0.3, 0.4) is 0 Å². The summed E-state index contributed by atoms with van der Waals surface area (Å²) in [6.45, 7) is 1.88. The highest BCUT2D eigenvalue weighted by molar-refractivity contribution is 5.91. The van der Waals surface area contributed by atoms with Gasteiger partial charge in [-0.25, -0.2) is 4.98 Å². The van der Waals surface area contributed by atoms with E-state index in [4.69, 9.17) is 0 Å². The molecule has 0 radical (unpaired) electrons. The number of imidazole rings is 1. The topological polar surface area (TPSA) is 63.9 Å². The van der Waals surface area contributed by atoms with Gasteiger partial charge in [0, 0.05) is 26.5 Å². The van der Waals surface area contributed by atoms with Crippen LogP contribution in [-0.4, -0.2) is 44.7 Å². The SMILES string of the molecule is Cc1nccn1-c1ccc(C(=O)N(C)C)nn1. The number of nitrogens with zero attached hydrogens (tertiary/aromatic N) is 5. The fourth-order valence-corrected chi connectivity index (χ4v) is 1.42. The highest BCUT2D eigenvalue weighted by atomic mass is 16.2. The monoisotopic (exact) mass is 231 g/mol. The van der Waals surface area contributed by atoms with E-state index in [0.29, 0.717) is 11.5 Å². The van der Waals surface area contributed by atoms with E-state index in [-0.39, 0.29) is 5.91 Å². The first-order chi connectivity index (χ1) is 8.09. The Kier molecular flexibility index (Phi) is 2.86. The number of aryl methyl sites for hydroxylation is 1. The molecule has 0 atom stereocenters. The molecule has 17 heavy (non-hydrogen) atoms. The van der Waals surface area contributed by atoms with Gasteiger partial charge in [0.15, 0.2) is 11.5 Å². The maximum absolute atomic E-state index is 11.6. The molecule has 0 bridgehead atoms. The molecule has 0 spiro atoms. The highest BCUT2D eigenvalue weighted by Crippen LogP contribution is 2.07. The van der Waals surface area contributed by atoms with Crippen molar-refractivity contribution in [3.05, 3.63) is 36.0 Å². The minimum atomic E-state index is -0.161. The molecule has 2 aromatic rings. The first-order valence-electron chi connectivity index (χ1n) is 5.15. The number of hydrogen-bond acceptors (Lipinski definition) is 4. The molecule has 0 aliphatic rings. The summed E-state index contributed by atoms with van der Waals surface area (Å²) >= 11 is 0. The van der Waals surface area contributed by atoms with Crippen molar-refractivity contribution in [2.75, 3.05) is 14.1 Å². The van der Waals surface area contributed by atoms with E-state index >= 15 is 0 Å². The van der Waals surface area contributed by atoms with Gasteiger partial charge in [-0.3, -0.25) is 9.36 Å². The minimum absolute atomic E-state index is 0.161. The van der Waals surface area contributed by atoms with Crippen molar-refractivity contribution in [2.24, 2.45) is 0 Å². The summed E-state index contributed by atoms with van der Waals surface area (Å²) in [5, 5.41) is 7.92. The van der Waals surface area contributed by atoms with Crippen molar-refractivity contribution in [3.63, 3.8) is 0 Å². The molecular weight excluding hydrogens is 218 g/mol. The lowest BCUT2D eigenvalue weighted by molar-refractivity contribution is 0.0821. The second-order valence-corrected chi connectivity index (χ2v) is 3.82. The number of carbonyl (C=O) groups is 1. The standard InChI is InChI=1S/C11H13N5O/c1-8-12-6-7-16(8)10-5-4-9(13-14-10)11(17)15(2)3/h4-7H,1-3H3. The Morgan fingerprint density at radius 1 is 1.29 bits per heavy atom. The Hall–Kier alpha value is -2.24. The van der Waals surface area contributed by atoms with E-state index < -0.39 is 0 Å². The second-order valence-electron chi connectivity index (χ2n) is 3.82. The number of amides is 1. The van der Waals surface area contributed by atoms with E-state index in [1.54, 1.807) is 43.2 Å². The van der Waals surface area contributed by atoms with Crippen LogP contribution in [-0.2, 0) is 0 Å². The van der Waals surface area contributed by atoms with Crippen molar-refractivity contribution in [2.45, 2.75) is 6.92 Å². The zero-order valence-electron chi connectivity index (χ0n) is 9.95. The molecule has 0 aliphatic carbocycles. The zero-order chi connectivity index (χ0) is 12.4. The van der Waals surface area contributed by atoms with E-state index in [9.17, 15) is 4.79 Å². The average Bonchev–Trinajstić information content (AvgIpc) is 2.74. The molecule has 1 amide bonds. The maximum Gasteiger partial charge on any atom is 0.273 e. The van der Waals surface area contributed by atoms with Crippen molar-refractivity contribution >= 4 is 5.91 Å². The number of carbonyl (C=O) groups excluding carboxylic acids is 1. The smallest absolute Gasteiger partial charge is 0.273 e. The molecule has 2 rings (SSSR count). The average molecular weight is 231 g/mol. The van der Waals surface area contributed by atoms with Crippen molar-refractivity contribution in [1.82, 2.24) is 24.6 Å². The van der Waals surface area contributed by atoms with E-state index in [2.05, 4.69) is 15.2 Å². The molecule has 6 nitrogen and oxygen atoms in total. The summed E-state index contributed by atoms with van der Waals surface area (Å²) in [6.07, 6.45) is 3.49. The summed E-state index contributed by atoms with van der Waals surface area (Å²) in [5.74, 6) is 1.31. The van der Waals surface area contributed by atoms with Crippen LogP contribution >= 0.6 is 0 Å². The third-order valence-electron chi connectivity index (χ3n) is 2.35. The second kappa shape index (κ2) is 4.32. The fraction of sp³-hybridized carbons (Fsp3) is 0.273. The van der Waals surface area contributed by atoms with Gasteiger partial charge in [-0.2, -0.15) is 0 Å². The lowest BCUT2D eigenvalue weighted by atomic mass is 10.3. The molecule has 0 saturated heterocycles. The summed E-state index contributed by atoms with van der Waals surface area (Å²) < 4.78 is 1.80. The summed E-state index contributed by atoms with van der Waals surface area (Å²) in [4.78, 5) is 17.2. The predicted octanol–water partition coefficient (Wildman–Crippen LogP) is 0.673. The molecule has 0 aliphatic heterocycles. The highest BCUT2D eigenvalue weighted by Gasteiger charge is 2.10. The van der Waals surface area contributed by atoms with Crippen LogP contribution in [0, 0.1) is 6.92 Å². The molecular formula is C11H13N5O. The Morgan fingerprint density at radius 3 is 2.53 bits per heavy atom. The van der Waals surface area contributed by atoms with Gasteiger partial charge in [-0.1, -0.05) is 0 Å². The molecule has 2 aromatic heterocycles. The van der Waals surface area contributed by atoms with Gasteiger partial charge in [-0.05, 0) is 19.1 Å². The fourth-order valence-electron chi connectivity index (χ4n) is 1.42. The Labute approximate surface area is 98.9 Å². The van der Waals surface area contributed by atoms with E-state index in [1.165, 1.54) is 4.90 Å². The number of aromatic nitrogens is 4. The van der Waals surface area contributed by atoms with Gasteiger partial charge in [0.25, 0.3) is 5.91 Å². The Balaban J connectivity index is 2.31. The lowest BCUT2D eigenvalue weighted by Gasteiger charge is -2.09. The van der Waals surface area contributed by atoms with Crippen molar-refractivity contribution in [3.8, 4) is 5.82 Å². The molecule has 88 valence electrons. The van der Waals surface area contributed by atoms with Crippen LogP contribution < -0.4 is 0 Å². The van der Waals surface area contributed by atoms with Gasteiger partial charge in [0.1, 0.15) is 5.82 Å². The maximum atomic E-state index is 11.6. The molecule has 0 aromatic carbocycles. The third kappa shape index (κ3) is 2.15. The molecule has 2 heterocycles. The van der Waals surface area contributed by atoms with Crippen LogP contribution in [0.2, 0.25) is 0 Å². The quantitative estimate of drug-likeness (QED) is 0.762. The zero-order valence-corrected chi connectivity index (χ0v) is 9.95. The Morgan fingerprint density at radius 2 is 2.06 bits per heavy atom. The van der Waals surface area contributed by atoms with Crippen LogP contribution in [0.25, 0.3) is 5.82 Å². The van der Waals surface area contributed by atoms with Crippen molar-refractivity contribution in [1.29, 1.82) is 0 Å². The number of hydrogen-bond donors (Lipinski definition) is 0.